The van der Waals surface area contributed by atoms with Gasteiger partial charge in [-0.05, 0) is 31.4 Å². The summed E-state index contributed by atoms with van der Waals surface area (Å²) in [6.45, 7) is 2.02. The van der Waals surface area contributed by atoms with E-state index in [4.69, 9.17) is 0 Å². The van der Waals surface area contributed by atoms with Gasteiger partial charge >= 0.3 is 0 Å². The van der Waals surface area contributed by atoms with E-state index in [1.165, 1.54) is 25.3 Å². The van der Waals surface area contributed by atoms with Crippen LogP contribution in [0.3, 0.4) is 0 Å². The molecule has 1 aromatic carbocycles. The highest BCUT2D eigenvalue weighted by atomic mass is 19.2. The lowest BCUT2D eigenvalue weighted by Crippen LogP contribution is -2.23. The Labute approximate surface area is 94.9 Å². The first-order valence-electron chi connectivity index (χ1n) is 5.87. The molecule has 1 nitrogen and oxygen atoms in total. The van der Waals surface area contributed by atoms with Crippen molar-refractivity contribution in [2.24, 2.45) is 5.92 Å². The maximum Gasteiger partial charge on any atom is 0.181 e. The molecule has 1 N–H and O–H groups in total. The van der Waals surface area contributed by atoms with Crippen LogP contribution in [0.25, 0.3) is 0 Å². The number of halogens is 2. The highest BCUT2D eigenvalue weighted by Gasteiger charge is 2.20. The molecule has 1 atom stereocenters. The Morgan fingerprint density at radius 2 is 2.12 bits per heavy atom. The smallest absolute Gasteiger partial charge is 0.181 e. The van der Waals surface area contributed by atoms with Crippen molar-refractivity contribution in [3.05, 3.63) is 29.8 Å². The monoisotopic (exact) mass is 225 g/mol. The second-order valence-corrected chi connectivity index (χ2v) is 4.68. The summed E-state index contributed by atoms with van der Waals surface area (Å²) < 4.78 is 26.3. The van der Waals surface area contributed by atoms with Crippen LogP contribution in [-0.4, -0.2) is 6.04 Å². The summed E-state index contributed by atoms with van der Waals surface area (Å²) in [5.41, 5.74) is 0.270. The van der Waals surface area contributed by atoms with Crippen LogP contribution >= 0.6 is 0 Å². The van der Waals surface area contributed by atoms with E-state index in [9.17, 15) is 8.78 Å². The summed E-state index contributed by atoms with van der Waals surface area (Å²) in [5, 5.41) is 3.04. The third-order valence-corrected chi connectivity index (χ3v) is 3.27. The molecule has 2 rings (SSSR count). The van der Waals surface area contributed by atoms with E-state index in [2.05, 4.69) is 5.32 Å². The summed E-state index contributed by atoms with van der Waals surface area (Å²) in [6, 6.07) is 4.44. The quantitative estimate of drug-likeness (QED) is 0.818. The summed E-state index contributed by atoms with van der Waals surface area (Å²) in [6.07, 6.45) is 4.90. The average molecular weight is 225 g/mol. The molecule has 0 amide bonds. The van der Waals surface area contributed by atoms with Crippen molar-refractivity contribution in [2.45, 2.75) is 38.6 Å². The molecule has 0 spiro atoms. The minimum Gasteiger partial charge on any atom is -0.380 e. The minimum atomic E-state index is -0.791. The van der Waals surface area contributed by atoms with Gasteiger partial charge in [0.1, 0.15) is 0 Å². The van der Waals surface area contributed by atoms with Crippen LogP contribution < -0.4 is 5.32 Å². The van der Waals surface area contributed by atoms with E-state index >= 15 is 0 Å². The third-order valence-electron chi connectivity index (χ3n) is 3.27. The SMILES string of the molecule is CC(CC1CCC1)Nc1cccc(F)c1F. The Hall–Kier alpha value is -1.12. The molecule has 1 aromatic rings. The second-order valence-electron chi connectivity index (χ2n) is 4.68. The summed E-state index contributed by atoms with van der Waals surface area (Å²) >= 11 is 0. The van der Waals surface area contributed by atoms with Crippen LogP contribution in [0.4, 0.5) is 14.5 Å². The molecule has 1 unspecified atom stereocenters. The summed E-state index contributed by atoms with van der Waals surface area (Å²) in [5.74, 6) is -0.803. The fourth-order valence-corrected chi connectivity index (χ4v) is 2.17. The van der Waals surface area contributed by atoms with E-state index in [1.807, 2.05) is 6.92 Å². The normalized spacial score (nSPS) is 17.9. The van der Waals surface area contributed by atoms with Crippen LogP contribution in [0.5, 0.6) is 0 Å². The Bertz CT molecular complexity index is 361. The molecule has 0 radical (unpaired) electrons. The lowest BCUT2D eigenvalue weighted by atomic mass is 9.81. The van der Waals surface area contributed by atoms with Crippen molar-refractivity contribution in [3.63, 3.8) is 0 Å². The van der Waals surface area contributed by atoms with Gasteiger partial charge in [-0.3, -0.25) is 0 Å². The van der Waals surface area contributed by atoms with E-state index in [-0.39, 0.29) is 11.7 Å². The van der Waals surface area contributed by atoms with E-state index in [0.717, 1.165) is 18.4 Å². The molecule has 0 saturated heterocycles. The van der Waals surface area contributed by atoms with E-state index in [1.54, 1.807) is 6.07 Å². The van der Waals surface area contributed by atoms with Gasteiger partial charge in [-0.1, -0.05) is 25.3 Å². The topological polar surface area (TPSA) is 12.0 Å². The highest BCUT2D eigenvalue weighted by Crippen LogP contribution is 2.31. The number of rotatable bonds is 4. The fourth-order valence-electron chi connectivity index (χ4n) is 2.17. The standard InChI is InChI=1S/C13H17F2N/c1-9(8-10-4-2-5-10)16-12-7-3-6-11(14)13(12)15/h3,6-7,9-10,16H,2,4-5,8H2,1H3. The minimum absolute atomic E-state index is 0.196. The molecule has 0 aliphatic heterocycles. The summed E-state index contributed by atoms with van der Waals surface area (Å²) in [4.78, 5) is 0. The molecule has 0 heterocycles. The van der Waals surface area contributed by atoms with Crippen molar-refractivity contribution in [2.75, 3.05) is 5.32 Å². The van der Waals surface area contributed by atoms with Gasteiger partial charge in [-0.25, -0.2) is 8.78 Å². The molecule has 16 heavy (non-hydrogen) atoms. The first kappa shape index (κ1) is 11.4. The maximum absolute atomic E-state index is 13.4. The Morgan fingerprint density at radius 3 is 2.75 bits per heavy atom. The molecule has 1 saturated carbocycles. The van der Waals surface area contributed by atoms with Crippen molar-refractivity contribution in [3.8, 4) is 0 Å². The predicted octanol–water partition coefficient (Wildman–Crippen LogP) is 3.96. The molecule has 1 aliphatic rings. The Morgan fingerprint density at radius 1 is 1.38 bits per heavy atom. The molecular weight excluding hydrogens is 208 g/mol. The van der Waals surface area contributed by atoms with Crippen molar-refractivity contribution in [1.29, 1.82) is 0 Å². The fraction of sp³-hybridized carbons (Fsp3) is 0.538. The molecule has 88 valence electrons. The molecule has 1 aliphatic carbocycles. The zero-order chi connectivity index (χ0) is 11.5. The first-order valence-corrected chi connectivity index (χ1v) is 5.87. The highest BCUT2D eigenvalue weighted by molar-refractivity contribution is 5.45. The zero-order valence-electron chi connectivity index (χ0n) is 9.47. The molecule has 0 bridgehead atoms. The Balaban J connectivity index is 1.94. The van der Waals surface area contributed by atoms with Gasteiger partial charge in [0.15, 0.2) is 11.6 Å². The van der Waals surface area contributed by atoms with Crippen LogP contribution in [0.1, 0.15) is 32.6 Å². The molecule has 0 aromatic heterocycles. The number of hydrogen-bond donors (Lipinski definition) is 1. The van der Waals surface area contributed by atoms with Crippen molar-refractivity contribution >= 4 is 5.69 Å². The molecular formula is C13H17F2N. The van der Waals surface area contributed by atoms with Crippen molar-refractivity contribution in [1.82, 2.24) is 0 Å². The van der Waals surface area contributed by atoms with Gasteiger partial charge < -0.3 is 5.32 Å². The van der Waals surface area contributed by atoms with E-state index < -0.39 is 11.6 Å². The molecule has 3 heteroatoms. The number of benzene rings is 1. The predicted molar refractivity (Wildman–Crippen MR) is 61.4 cm³/mol. The van der Waals surface area contributed by atoms with Crippen LogP contribution in [0, 0.1) is 17.6 Å². The lowest BCUT2D eigenvalue weighted by molar-refractivity contribution is 0.285. The molecule has 1 fully saturated rings. The second kappa shape index (κ2) is 4.81. The number of nitrogens with one attached hydrogen (secondary N) is 1. The van der Waals surface area contributed by atoms with Gasteiger partial charge in [0.05, 0.1) is 5.69 Å². The van der Waals surface area contributed by atoms with Gasteiger partial charge in [-0.15, -0.1) is 0 Å². The maximum atomic E-state index is 13.4. The largest absolute Gasteiger partial charge is 0.380 e. The number of hydrogen-bond acceptors (Lipinski definition) is 1. The van der Waals surface area contributed by atoms with Crippen LogP contribution in [0.15, 0.2) is 18.2 Å². The third kappa shape index (κ3) is 2.52. The lowest BCUT2D eigenvalue weighted by Gasteiger charge is -2.29. The van der Waals surface area contributed by atoms with Gasteiger partial charge in [0, 0.05) is 6.04 Å². The van der Waals surface area contributed by atoms with Crippen LogP contribution in [0.2, 0.25) is 0 Å². The zero-order valence-corrected chi connectivity index (χ0v) is 9.47. The van der Waals surface area contributed by atoms with Crippen LogP contribution in [-0.2, 0) is 0 Å². The van der Waals surface area contributed by atoms with Crippen molar-refractivity contribution < 1.29 is 8.78 Å². The van der Waals surface area contributed by atoms with E-state index in [0.29, 0.717) is 0 Å². The average Bonchev–Trinajstić information content (AvgIpc) is 2.19. The van der Waals surface area contributed by atoms with Gasteiger partial charge in [0.25, 0.3) is 0 Å². The first-order chi connectivity index (χ1) is 7.66. The number of anilines is 1. The van der Waals surface area contributed by atoms with Gasteiger partial charge in [-0.2, -0.15) is 0 Å². The summed E-state index contributed by atoms with van der Waals surface area (Å²) in [7, 11) is 0. The Kier molecular flexibility index (Phi) is 3.42. The van der Waals surface area contributed by atoms with Gasteiger partial charge in [0.2, 0.25) is 0 Å².